The number of alkyl carbamates (subject to hydrolysis) is 1. The molecule has 0 aliphatic rings. The van der Waals surface area contributed by atoms with Crippen molar-refractivity contribution in [3.63, 3.8) is 0 Å². The average Bonchev–Trinajstić information content (AvgIpc) is 2.35. The van der Waals surface area contributed by atoms with Crippen LogP contribution < -0.4 is 5.32 Å². The SMILES string of the molecule is CC(C)(C)OC(=O)NCC#Cc1cc(Cl)c(Cl)cc1[N+](=O)[O-]. The van der Waals surface area contributed by atoms with Crippen molar-refractivity contribution in [3.8, 4) is 11.8 Å². The van der Waals surface area contributed by atoms with Gasteiger partial charge in [-0.2, -0.15) is 0 Å². The van der Waals surface area contributed by atoms with Gasteiger partial charge in [-0.1, -0.05) is 35.0 Å². The second-order valence-electron chi connectivity index (χ2n) is 5.20. The maximum absolute atomic E-state index is 11.4. The largest absolute Gasteiger partial charge is 0.444 e. The van der Waals surface area contributed by atoms with Crippen LogP contribution in [-0.4, -0.2) is 23.2 Å². The zero-order valence-electron chi connectivity index (χ0n) is 12.2. The minimum absolute atomic E-state index is 0.0215. The molecule has 1 N–H and O–H groups in total. The third-order valence-electron chi connectivity index (χ3n) is 2.18. The molecule has 0 saturated carbocycles. The van der Waals surface area contributed by atoms with Gasteiger partial charge in [0.2, 0.25) is 0 Å². The monoisotopic (exact) mass is 344 g/mol. The number of carbonyl (C=O) groups excluding carboxylic acids is 1. The standard InChI is InChI=1S/C14H14Cl2N2O4/c1-14(2,3)22-13(19)17-6-4-5-9-7-10(15)11(16)8-12(9)18(20)21/h7-8H,6H2,1-3H3,(H,17,19). The smallest absolute Gasteiger partial charge is 0.408 e. The van der Waals surface area contributed by atoms with Crippen LogP contribution in [0.3, 0.4) is 0 Å². The molecule has 0 aliphatic heterocycles. The van der Waals surface area contributed by atoms with Crippen LogP contribution in [0.4, 0.5) is 10.5 Å². The van der Waals surface area contributed by atoms with Crippen molar-refractivity contribution in [2.75, 3.05) is 6.54 Å². The lowest BCUT2D eigenvalue weighted by atomic mass is 10.2. The van der Waals surface area contributed by atoms with E-state index in [-0.39, 0.29) is 27.8 Å². The van der Waals surface area contributed by atoms with Gasteiger partial charge in [0, 0.05) is 6.07 Å². The molecule has 0 heterocycles. The van der Waals surface area contributed by atoms with Crippen LogP contribution in [0.25, 0.3) is 0 Å². The molecule has 0 fully saturated rings. The second-order valence-corrected chi connectivity index (χ2v) is 6.01. The van der Waals surface area contributed by atoms with E-state index in [4.69, 9.17) is 27.9 Å². The molecule has 22 heavy (non-hydrogen) atoms. The summed E-state index contributed by atoms with van der Waals surface area (Å²) in [5, 5.41) is 13.6. The summed E-state index contributed by atoms with van der Waals surface area (Å²) >= 11 is 11.6. The van der Waals surface area contributed by atoms with Crippen molar-refractivity contribution in [1.29, 1.82) is 0 Å². The Bertz CT molecular complexity index is 657. The summed E-state index contributed by atoms with van der Waals surface area (Å²) < 4.78 is 5.02. The zero-order chi connectivity index (χ0) is 16.9. The molecular weight excluding hydrogens is 331 g/mol. The first-order valence-electron chi connectivity index (χ1n) is 6.19. The molecule has 118 valence electrons. The Hall–Kier alpha value is -1.97. The molecule has 0 aliphatic carbocycles. The summed E-state index contributed by atoms with van der Waals surface area (Å²) in [6, 6.07) is 2.44. The highest BCUT2D eigenvalue weighted by atomic mass is 35.5. The maximum Gasteiger partial charge on any atom is 0.408 e. The number of nitro groups is 1. The molecule has 0 radical (unpaired) electrons. The fraction of sp³-hybridized carbons (Fsp3) is 0.357. The molecule has 1 amide bonds. The van der Waals surface area contributed by atoms with Gasteiger partial charge in [-0.05, 0) is 26.8 Å². The quantitative estimate of drug-likeness (QED) is 0.502. The lowest BCUT2D eigenvalue weighted by Gasteiger charge is -2.18. The van der Waals surface area contributed by atoms with E-state index in [1.807, 2.05) is 0 Å². The topological polar surface area (TPSA) is 81.5 Å². The Morgan fingerprint density at radius 2 is 1.95 bits per heavy atom. The third kappa shape index (κ3) is 5.80. The molecule has 1 rings (SSSR count). The Labute approximate surface area is 137 Å². The number of hydrogen-bond acceptors (Lipinski definition) is 4. The van der Waals surface area contributed by atoms with Gasteiger partial charge in [-0.15, -0.1) is 0 Å². The lowest BCUT2D eigenvalue weighted by Crippen LogP contribution is -2.32. The van der Waals surface area contributed by atoms with Crippen LogP contribution in [0.5, 0.6) is 0 Å². The Balaban J connectivity index is 2.79. The van der Waals surface area contributed by atoms with Crippen molar-refractivity contribution in [2.45, 2.75) is 26.4 Å². The van der Waals surface area contributed by atoms with Crippen molar-refractivity contribution in [1.82, 2.24) is 5.32 Å². The molecule has 0 spiro atoms. The van der Waals surface area contributed by atoms with E-state index < -0.39 is 16.6 Å². The number of halogens is 2. The molecular formula is C14H14Cl2N2O4. The second kappa shape index (κ2) is 7.34. The lowest BCUT2D eigenvalue weighted by molar-refractivity contribution is -0.385. The number of ether oxygens (including phenoxy) is 1. The van der Waals surface area contributed by atoms with E-state index in [1.54, 1.807) is 20.8 Å². The van der Waals surface area contributed by atoms with E-state index in [0.29, 0.717) is 0 Å². The minimum atomic E-state index is -0.620. The summed E-state index contributed by atoms with van der Waals surface area (Å²) in [6.45, 7) is 5.18. The van der Waals surface area contributed by atoms with Gasteiger partial charge in [0.15, 0.2) is 0 Å². The number of amides is 1. The number of carbonyl (C=O) groups is 1. The summed E-state index contributed by atoms with van der Waals surface area (Å²) in [5.41, 5.74) is -0.746. The maximum atomic E-state index is 11.4. The molecule has 0 saturated heterocycles. The normalized spacial score (nSPS) is 10.4. The van der Waals surface area contributed by atoms with Crippen molar-refractivity contribution in [3.05, 3.63) is 37.9 Å². The van der Waals surface area contributed by atoms with Gasteiger partial charge < -0.3 is 10.1 Å². The zero-order valence-corrected chi connectivity index (χ0v) is 13.7. The Morgan fingerprint density at radius 3 is 2.50 bits per heavy atom. The van der Waals surface area contributed by atoms with E-state index in [0.717, 1.165) is 6.07 Å². The summed E-state index contributed by atoms with van der Waals surface area (Å²) in [4.78, 5) is 21.7. The molecule has 1 aromatic rings. The van der Waals surface area contributed by atoms with Crippen molar-refractivity contribution >= 4 is 35.0 Å². The molecule has 1 aromatic carbocycles. The van der Waals surface area contributed by atoms with Gasteiger partial charge in [-0.3, -0.25) is 10.1 Å². The minimum Gasteiger partial charge on any atom is -0.444 e. The predicted molar refractivity (Wildman–Crippen MR) is 84.2 cm³/mol. The number of nitrogens with zero attached hydrogens (tertiary/aromatic N) is 1. The Kier molecular flexibility index (Phi) is 6.03. The van der Waals surface area contributed by atoms with Crippen LogP contribution in [-0.2, 0) is 4.74 Å². The van der Waals surface area contributed by atoms with Crippen LogP contribution in [0.15, 0.2) is 12.1 Å². The first-order chi connectivity index (χ1) is 10.1. The molecule has 0 bridgehead atoms. The number of nitrogens with one attached hydrogen (secondary N) is 1. The highest BCUT2D eigenvalue weighted by Gasteiger charge is 2.16. The summed E-state index contributed by atoms with van der Waals surface area (Å²) in [6.07, 6.45) is -0.620. The average molecular weight is 345 g/mol. The number of nitro benzene ring substituents is 1. The summed E-state index contributed by atoms with van der Waals surface area (Å²) in [7, 11) is 0. The van der Waals surface area contributed by atoms with E-state index in [9.17, 15) is 14.9 Å². The first-order valence-corrected chi connectivity index (χ1v) is 6.95. The van der Waals surface area contributed by atoms with E-state index >= 15 is 0 Å². The van der Waals surface area contributed by atoms with Crippen molar-refractivity contribution < 1.29 is 14.5 Å². The summed E-state index contributed by atoms with van der Waals surface area (Å²) in [5.74, 6) is 5.17. The highest BCUT2D eigenvalue weighted by molar-refractivity contribution is 6.42. The van der Waals surface area contributed by atoms with Crippen LogP contribution in [0.1, 0.15) is 26.3 Å². The van der Waals surface area contributed by atoms with E-state index in [1.165, 1.54) is 6.07 Å². The van der Waals surface area contributed by atoms with Gasteiger partial charge in [0.05, 0.1) is 21.5 Å². The van der Waals surface area contributed by atoms with Crippen molar-refractivity contribution in [2.24, 2.45) is 0 Å². The van der Waals surface area contributed by atoms with Crippen LogP contribution >= 0.6 is 23.2 Å². The number of rotatable bonds is 2. The number of hydrogen-bond donors (Lipinski definition) is 1. The molecule has 0 aromatic heterocycles. The third-order valence-corrected chi connectivity index (χ3v) is 2.90. The first kappa shape index (κ1) is 18.1. The van der Waals surface area contributed by atoms with Gasteiger partial charge in [-0.25, -0.2) is 4.79 Å². The van der Waals surface area contributed by atoms with Gasteiger partial charge in [0.1, 0.15) is 11.2 Å². The molecule has 8 heteroatoms. The molecule has 6 nitrogen and oxygen atoms in total. The predicted octanol–water partition coefficient (Wildman–Crippen LogP) is 3.78. The number of benzene rings is 1. The molecule has 0 unspecified atom stereocenters. The Morgan fingerprint density at radius 1 is 1.36 bits per heavy atom. The fourth-order valence-electron chi connectivity index (χ4n) is 1.36. The molecule has 0 atom stereocenters. The van der Waals surface area contributed by atoms with Crippen LogP contribution in [0.2, 0.25) is 10.0 Å². The fourth-order valence-corrected chi connectivity index (χ4v) is 1.68. The highest BCUT2D eigenvalue weighted by Crippen LogP contribution is 2.29. The van der Waals surface area contributed by atoms with Gasteiger partial charge >= 0.3 is 6.09 Å². The van der Waals surface area contributed by atoms with E-state index in [2.05, 4.69) is 17.2 Å². The van der Waals surface area contributed by atoms with Gasteiger partial charge in [0.25, 0.3) is 5.69 Å². The van der Waals surface area contributed by atoms with Crippen LogP contribution in [0, 0.1) is 22.0 Å².